The van der Waals surface area contributed by atoms with Gasteiger partial charge in [-0.25, -0.2) is 4.39 Å². The molecular weight excluding hydrogens is 427 g/mol. The van der Waals surface area contributed by atoms with Crippen molar-refractivity contribution in [1.82, 2.24) is 4.98 Å². The Balaban J connectivity index is 1.47. The van der Waals surface area contributed by atoms with Gasteiger partial charge in [0.2, 0.25) is 11.8 Å². The first-order valence-electron chi connectivity index (χ1n) is 10.2. The molecule has 1 aliphatic rings. The lowest BCUT2D eigenvalue weighted by atomic mass is 10.1. The molecule has 1 aliphatic heterocycles. The summed E-state index contributed by atoms with van der Waals surface area (Å²) in [6, 6.07) is 15.5. The minimum absolute atomic E-state index is 0.0167. The Hall–Kier alpha value is -4.27. The van der Waals surface area contributed by atoms with Crippen molar-refractivity contribution >= 4 is 34.8 Å². The number of halogens is 1. The smallest absolute Gasteiger partial charge is 0.274 e. The summed E-state index contributed by atoms with van der Waals surface area (Å²) in [6.07, 6.45) is 1.50. The molecule has 4 rings (SSSR count). The first kappa shape index (κ1) is 21.9. The second kappa shape index (κ2) is 9.47. The second-order valence-electron chi connectivity index (χ2n) is 7.45. The Bertz CT molecular complexity index is 1180. The van der Waals surface area contributed by atoms with Crippen LogP contribution in [0.15, 0.2) is 66.9 Å². The van der Waals surface area contributed by atoms with Gasteiger partial charge >= 0.3 is 0 Å². The second-order valence-corrected chi connectivity index (χ2v) is 7.45. The quantitative estimate of drug-likeness (QED) is 0.601. The number of carbonyl (C=O) groups excluding carboxylic acids is 3. The maximum atomic E-state index is 13.9. The molecule has 9 heteroatoms. The number of methoxy groups -OCH3 is 1. The molecule has 33 heavy (non-hydrogen) atoms. The molecule has 1 unspecified atom stereocenters. The molecule has 0 radical (unpaired) electrons. The summed E-state index contributed by atoms with van der Waals surface area (Å²) in [5.41, 5.74) is 1.15. The van der Waals surface area contributed by atoms with Gasteiger partial charge in [0.05, 0.1) is 24.4 Å². The van der Waals surface area contributed by atoms with E-state index in [1.54, 1.807) is 43.5 Å². The number of rotatable bonds is 6. The van der Waals surface area contributed by atoms with Gasteiger partial charge in [-0.3, -0.25) is 19.4 Å². The number of benzene rings is 2. The highest BCUT2D eigenvalue weighted by molar-refractivity contribution is 6.08. The van der Waals surface area contributed by atoms with Gasteiger partial charge in [0.1, 0.15) is 17.3 Å². The van der Waals surface area contributed by atoms with E-state index in [1.165, 1.54) is 29.3 Å². The molecule has 8 nitrogen and oxygen atoms in total. The van der Waals surface area contributed by atoms with Crippen molar-refractivity contribution in [3.05, 3.63) is 78.4 Å². The Labute approximate surface area is 189 Å². The van der Waals surface area contributed by atoms with Crippen LogP contribution in [0, 0.1) is 11.7 Å². The van der Waals surface area contributed by atoms with Gasteiger partial charge in [0, 0.05) is 24.8 Å². The number of hydrogen-bond acceptors (Lipinski definition) is 5. The van der Waals surface area contributed by atoms with Gasteiger partial charge in [0.15, 0.2) is 0 Å². The lowest BCUT2D eigenvalue weighted by Crippen LogP contribution is -2.28. The summed E-state index contributed by atoms with van der Waals surface area (Å²) in [5.74, 6) is -1.70. The molecule has 0 spiro atoms. The third-order valence-corrected chi connectivity index (χ3v) is 5.27. The first-order valence-corrected chi connectivity index (χ1v) is 10.2. The molecule has 3 amide bonds. The van der Waals surface area contributed by atoms with Crippen LogP contribution in [0.3, 0.4) is 0 Å². The van der Waals surface area contributed by atoms with Crippen LogP contribution in [0.4, 0.5) is 21.5 Å². The molecular formula is C24H21FN4O4. The maximum Gasteiger partial charge on any atom is 0.274 e. The van der Waals surface area contributed by atoms with Crippen molar-refractivity contribution in [3.8, 4) is 5.75 Å². The summed E-state index contributed by atoms with van der Waals surface area (Å²) in [6.45, 7) is 0.182. The molecule has 1 atom stereocenters. The third kappa shape index (κ3) is 4.98. The fourth-order valence-corrected chi connectivity index (χ4v) is 3.54. The number of nitrogens with one attached hydrogen (secondary N) is 2. The van der Waals surface area contributed by atoms with E-state index in [4.69, 9.17) is 4.74 Å². The van der Waals surface area contributed by atoms with Crippen LogP contribution in [-0.4, -0.2) is 36.4 Å². The molecule has 0 bridgehead atoms. The summed E-state index contributed by atoms with van der Waals surface area (Å²) in [7, 11) is 1.55. The SMILES string of the molecule is COc1ccc(N2CC(C(=O)Nc3cc(F)ccc3NC(=O)c3ccccn3)CC2=O)cc1. The lowest BCUT2D eigenvalue weighted by molar-refractivity contribution is -0.122. The highest BCUT2D eigenvalue weighted by Crippen LogP contribution is 2.29. The zero-order chi connectivity index (χ0) is 23.4. The summed E-state index contributed by atoms with van der Waals surface area (Å²) < 4.78 is 19.0. The van der Waals surface area contributed by atoms with E-state index in [-0.39, 0.29) is 35.9 Å². The highest BCUT2D eigenvalue weighted by atomic mass is 19.1. The van der Waals surface area contributed by atoms with Crippen LogP contribution >= 0.6 is 0 Å². The van der Waals surface area contributed by atoms with Crippen molar-refractivity contribution < 1.29 is 23.5 Å². The van der Waals surface area contributed by atoms with Crippen LogP contribution in [0.25, 0.3) is 0 Å². The maximum absolute atomic E-state index is 13.9. The number of aromatic nitrogens is 1. The molecule has 0 aliphatic carbocycles. The van der Waals surface area contributed by atoms with Gasteiger partial charge < -0.3 is 20.3 Å². The molecule has 1 fully saturated rings. The lowest BCUT2D eigenvalue weighted by Gasteiger charge is -2.18. The van der Waals surface area contributed by atoms with Gasteiger partial charge in [-0.15, -0.1) is 0 Å². The van der Waals surface area contributed by atoms with Crippen LogP contribution in [0.2, 0.25) is 0 Å². The van der Waals surface area contributed by atoms with Crippen molar-refractivity contribution in [1.29, 1.82) is 0 Å². The summed E-state index contributed by atoms with van der Waals surface area (Å²) in [5, 5.41) is 5.28. The Morgan fingerprint density at radius 3 is 2.55 bits per heavy atom. The average Bonchev–Trinajstić information content (AvgIpc) is 3.23. The van der Waals surface area contributed by atoms with Gasteiger partial charge in [-0.05, 0) is 54.6 Å². The monoisotopic (exact) mass is 448 g/mol. The van der Waals surface area contributed by atoms with E-state index in [1.807, 2.05) is 0 Å². The van der Waals surface area contributed by atoms with Crippen molar-refractivity contribution in [2.45, 2.75) is 6.42 Å². The summed E-state index contributed by atoms with van der Waals surface area (Å²) in [4.78, 5) is 43.4. The Morgan fingerprint density at radius 1 is 1.06 bits per heavy atom. The highest BCUT2D eigenvalue weighted by Gasteiger charge is 2.35. The molecule has 168 valence electrons. The van der Waals surface area contributed by atoms with E-state index in [9.17, 15) is 18.8 Å². The van der Waals surface area contributed by atoms with Crippen molar-refractivity contribution in [2.24, 2.45) is 5.92 Å². The number of carbonyl (C=O) groups is 3. The molecule has 2 N–H and O–H groups in total. The Kier molecular flexibility index (Phi) is 6.30. The molecule has 0 saturated carbocycles. The van der Waals surface area contributed by atoms with E-state index >= 15 is 0 Å². The fraction of sp³-hybridized carbons (Fsp3) is 0.167. The normalized spacial score (nSPS) is 15.3. The largest absolute Gasteiger partial charge is 0.497 e. The number of nitrogens with zero attached hydrogens (tertiary/aromatic N) is 2. The summed E-state index contributed by atoms with van der Waals surface area (Å²) >= 11 is 0. The number of hydrogen-bond donors (Lipinski definition) is 2. The van der Waals surface area contributed by atoms with Crippen LogP contribution in [0.1, 0.15) is 16.9 Å². The molecule has 1 aromatic heterocycles. The minimum atomic E-state index is -0.637. The van der Waals surface area contributed by atoms with Crippen LogP contribution in [0.5, 0.6) is 5.75 Å². The number of ether oxygens (including phenoxy) is 1. The van der Waals surface area contributed by atoms with E-state index < -0.39 is 23.5 Å². The number of anilines is 3. The van der Waals surface area contributed by atoms with E-state index in [0.717, 1.165) is 6.07 Å². The van der Waals surface area contributed by atoms with Crippen molar-refractivity contribution in [3.63, 3.8) is 0 Å². The van der Waals surface area contributed by atoms with Gasteiger partial charge in [-0.2, -0.15) is 0 Å². The standard InChI is InChI=1S/C24H21FN4O4/c1-33-18-8-6-17(7-9-18)29-14-15(12-22(29)30)23(31)28-21-13-16(25)5-10-19(21)27-24(32)20-4-2-3-11-26-20/h2-11,13,15H,12,14H2,1H3,(H,27,32)(H,28,31). The molecule has 2 heterocycles. The predicted octanol–water partition coefficient (Wildman–Crippen LogP) is 3.47. The van der Waals surface area contributed by atoms with E-state index in [0.29, 0.717) is 11.4 Å². The van der Waals surface area contributed by atoms with Crippen molar-refractivity contribution in [2.75, 3.05) is 29.2 Å². The number of pyridine rings is 1. The fourth-order valence-electron chi connectivity index (χ4n) is 3.54. The van der Waals surface area contributed by atoms with Crippen LogP contribution < -0.4 is 20.3 Å². The van der Waals surface area contributed by atoms with Gasteiger partial charge in [0.25, 0.3) is 5.91 Å². The first-order chi connectivity index (χ1) is 15.9. The molecule has 1 saturated heterocycles. The zero-order valence-corrected chi connectivity index (χ0v) is 17.7. The Morgan fingerprint density at radius 2 is 1.85 bits per heavy atom. The van der Waals surface area contributed by atoms with E-state index in [2.05, 4.69) is 15.6 Å². The van der Waals surface area contributed by atoms with Gasteiger partial charge in [-0.1, -0.05) is 6.07 Å². The predicted molar refractivity (Wildman–Crippen MR) is 121 cm³/mol. The molecule has 3 aromatic rings. The minimum Gasteiger partial charge on any atom is -0.497 e. The number of amides is 3. The zero-order valence-electron chi connectivity index (χ0n) is 17.7. The third-order valence-electron chi connectivity index (χ3n) is 5.27. The average molecular weight is 448 g/mol. The molecule has 2 aromatic carbocycles. The van der Waals surface area contributed by atoms with Crippen LogP contribution in [-0.2, 0) is 9.59 Å². The topological polar surface area (TPSA) is 101 Å².